The summed E-state index contributed by atoms with van der Waals surface area (Å²) >= 11 is 0. The van der Waals surface area contributed by atoms with Gasteiger partial charge >= 0.3 is 6.18 Å². The molecule has 2 aromatic carbocycles. The number of rotatable bonds is 5. The lowest BCUT2D eigenvalue weighted by molar-refractivity contribution is -0.143. The van der Waals surface area contributed by atoms with E-state index in [1.54, 1.807) is 24.3 Å². The van der Waals surface area contributed by atoms with Crippen LogP contribution >= 0.6 is 0 Å². The lowest BCUT2D eigenvalue weighted by Crippen LogP contribution is -2.48. The van der Waals surface area contributed by atoms with Crippen molar-refractivity contribution in [1.29, 1.82) is 0 Å². The van der Waals surface area contributed by atoms with Crippen molar-refractivity contribution in [2.24, 2.45) is 0 Å². The first kappa shape index (κ1) is 30.8. The summed E-state index contributed by atoms with van der Waals surface area (Å²) in [6.45, 7) is 6.48. The van der Waals surface area contributed by atoms with Gasteiger partial charge in [0.2, 0.25) is 0 Å². The standard InChI is InChI=1S/C27H23F6N5O2.C2H6/c1-15-23(17-3-5-18(40-2)6-4-17)35-25-19(13-34-38(25)24(15)27(31,32)33)26(39)37-9-7-36(8-10-37)14-16-11-20(28)22(30)21(29)12-16;1-2/h3-6,11-13H,7-10,14H2,1-2H3;1-2H3. The zero-order valence-electron chi connectivity index (χ0n) is 23.4. The molecule has 3 heterocycles. The number of hydrogen-bond acceptors (Lipinski definition) is 5. The molecule has 0 spiro atoms. The second-order valence-corrected chi connectivity index (χ2v) is 9.40. The quantitative estimate of drug-likeness (QED) is 0.206. The van der Waals surface area contributed by atoms with Gasteiger partial charge in [0.15, 0.2) is 28.8 Å². The van der Waals surface area contributed by atoms with Crippen LogP contribution in [0.15, 0.2) is 42.6 Å². The van der Waals surface area contributed by atoms with E-state index in [1.807, 2.05) is 18.7 Å². The largest absolute Gasteiger partial charge is 0.497 e. The lowest BCUT2D eigenvalue weighted by atomic mass is 10.0. The summed E-state index contributed by atoms with van der Waals surface area (Å²) < 4.78 is 88.7. The fourth-order valence-electron chi connectivity index (χ4n) is 4.82. The predicted molar refractivity (Wildman–Crippen MR) is 144 cm³/mol. The molecule has 0 N–H and O–H groups in total. The number of ether oxygens (including phenoxy) is 1. The summed E-state index contributed by atoms with van der Waals surface area (Å²) in [7, 11) is 1.47. The number of benzene rings is 2. The van der Waals surface area contributed by atoms with E-state index < -0.39 is 35.2 Å². The van der Waals surface area contributed by atoms with E-state index in [1.165, 1.54) is 18.9 Å². The maximum Gasteiger partial charge on any atom is 0.433 e. The molecule has 13 heteroatoms. The third-order valence-corrected chi connectivity index (χ3v) is 6.86. The van der Waals surface area contributed by atoms with E-state index in [4.69, 9.17) is 4.74 Å². The van der Waals surface area contributed by atoms with Crippen molar-refractivity contribution in [2.45, 2.75) is 33.5 Å². The normalized spacial score (nSPS) is 14.1. The van der Waals surface area contributed by atoms with Crippen molar-refractivity contribution >= 4 is 11.6 Å². The van der Waals surface area contributed by atoms with Crippen LogP contribution in [0.25, 0.3) is 16.9 Å². The Kier molecular flexibility index (Phi) is 9.09. The van der Waals surface area contributed by atoms with E-state index >= 15 is 0 Å². The molecule has 2 aromatic heterocycles. The van der Waals surface area contributed by atoms with Crippen molar-refractivity contribution in [1.82, 2.24) is 24.4 Å². The number of alkyl halides is 3. The SMILES string of the molecule is CC.COc1ccc(-c2nc3c(C(=O)N4CCN(Cc5cc(F)c(F)c(F)c5)CC4)cnn3c(C(F)(F)F)c2C)cc1. The number of hydrogen-bond donors (Lipinski definition) is 0. The minimum Gasteiger partial charge on any atom is -0.497 e. The fraction of sp³-hybridized carbons (Fsp3) is 0.345. The minimum atomic E-state index is -4.77. The molecule has 0 radical (unpaired) electrons. The first-order valence-electron chi connectivity index (χ1n) is 13.2. The van der Waals surface area contributed by atoms with Gasteiger partial charge in [-0.15, -0.1) is 0 Å². The molecule has 1 fully saturated rings. The topological polar surface area (TPSA) is 63.0 Å². The predicted octanol–water partition coefficient (Wildman–Crippen LogP) is 6.13. The molecule has 0 aliphatic carbocycles. The van der Waals surface area contributed by atoms with Crippen molar-refractivity contribution in [3.8, 4) is 17.0 Å². The Bertz CT molecular complexity index is 1560. The highest BCUT2D eigenvalue weighted by Crippen LogP contribution is 2.37. The van der Waals surface area contributed by atoms with Crippen LogP contribution in [0.1, 0.15) is 41.0 Å². The average Bonchev–Trinajstić information content (AvgIpc) is 3.39. The molecular formula is C29H29F6N5O2. The van der Waals surface area contributed by atoms with E-state index in [9.17, 15) is 31.1 Å². The van der Waals surface area contributed by atoms with Crippen molar-refractivity contribution < 1.29 is 35.9 Å². The molecule has 1 aliphatic heterocycles. The van der Waals surface area contributed by atoms with E-state index in [2.05, 4.69) is 10.1 Å². The Hall–Kier alpha value is -4.13. The van der Waals surface area contributed by atoms with Gasteiger partial charge in [-0.2, -0.15) is 18.3 Å². The van der Waals surface area contributed by atoms with Gasteiger partial charge in [-0.05, 0) is 48.9 Å². The Labute approximate surface area is 238 Å². The number of nitrogens with zero attached hydrogens (tertiary/aromatic N) is 5. The first-order valence-corrected chi connectivity index (χ1v) is 13.2. The summed E-state index contributed by atoms with van der Waals surface area (Å²) in [5.41, 5.74) is -0.789. The number of halogens is 6. The van der Waals surface area contributed by atoms with E-state index in [0.717, 1.165) is 18.3 Å². The van der Waals surface area contributed by atoms with Crippen LogP contribution in [-0.4, -0.2) is 63.6 Å². The second kappa shape index (κ2) is 12.4. The zero-order valence-corrected chi connectivity index (χ0v) is 23.4. The van der Waals surface area contributed by atoms with Crippen molar-refractivity contribution in [2.75, 3.05) is 33.3 Å². The van der Waals surface area contributed by atoms with Crippen molar-refractivity contribution in [3.05, 3.63) is 82.4 Å². The number of fused-ring (bicyclic) bond motifs is 1. The fourth-order valence-corrected chi connectivity index (χ4v) is 4.82. The summed E-state index contributed by atoms with van der Waals surface area (Å²) in [6, 6.07) is 8.21. The summed E-state index contributed by atoms with van der Waals surface area (Å²) in [6.07, 6.45) is -3.70. The molecular weight excluding hydrogens is 564 g/mol. The van der Waals surface area contributed by atoms with Gasteiger partial charge in [0.1, 0.15) is 11.3 Å². The van der Waals surface area contributed by atoms with Crippen LogP contribution < -0.4 is 4.74 Å². The zero-order chi connectivity index (χ0) is 30.8. The summed E-state index contributed by atoms with van der Waals surface area (Å²) in [4.78, 5) is 21.2. The molecule has 42 heavy (non-hydrogen) atoms. The van der Waals surface area contributed by atoms with E-state index in [0.29, 0.717) is 28.9 Å². The van der Waals surface area contributed by atoms with Crippen LogP contribution in [0.2, 0.25) is 0 Å². The smallest absolute Gasteiger partial charge is 0.433 e. The molecule has 5 rings (SSSR count). The Balaban J connectivity index is 0.00000198. The highest BCUT2D eigenvalue weighted by molar-refractivity contribution is 6.00. The van der Waals surface area contributed by atoms with Crippen LogP contribution in [0.5, 0.6) is 5.75 Å². The third-order valence-electron chi connectivity index (χ3n) is 6.86. The van der Waals surface area contributed by atoms with E-state index in [-0.39, 0.29) is 47.7 Å². The molecule has 4 aromatic rings. The van der Waals surface area contributed by atoms with Gasteiger partial charge in [-0.1, -0.05) is 13.8 Å². The monoisotopic (exact) mass is 593 g/mol. The van der Waals surface area contributed by atoms with Gasteiger partial charge in [-0.25, -0.2) is 22.7 Å². The maximum atomic E-state index is 14.2. The van der Waals surface area contributed by atoms with Gasteiger partial charge in [-0.3, -0.25) is 9.69 Å². The molecule has 0 atom stereocenters. The number of methoxy groups -OCH3 is 1. The Morgan fingerprint density at radius 1 is 0.976 bits per heavy atom. The number of amides is 1. The van der Waals surface area contributed by atoms with Crippen LogP contribution in [0.3, 0.4) is 0 Å². The molecule has 1 aliphatic rings. The highest BCUT2D eigenvalue weighted by atomic mass is 19.4. The van der Waals surface area contributed by atoms with Gasteiger partial charge in [0.25, 0.3) is 5.91 Å². The third kappa shape index (κ3) is 6.06. The second-order valence-electron chi connectivity index (χ2n) is 9.40. The number of carbonyl (C=O) groups excluding carboxylic acids is 1. The molecule has 1 saturated heterocycles. The van der Waals surface area contributed by atoms with Gasteiger partial charge < -0.3 is 9.64 Å². The van der Waals surface area contributed by atoms with Crippen molar-refractivity contribution in [3.63, 3.8) is 0 Å². The molecule has 0 unspecified atom stereocenters. The van der Waals surface area contributed by atoms with Crippen LogP contribution in [0, 0.1) is 24.4 Å². The Morgan fingerprint density at radius 2 is 1.57 bits per heavy atom. The molecule has 0 saturated carbocycles. The Morgan fingerprint density at radius 3 is 2.12 bits per heavy atom. The summed E-state index contributed by atoms with van der Waals surface area (Å²) in [5.74, 6) is -4.13. The molecule has 224 valence electrons. The van der Waals surface area contributed by atoms with Crippen LogP contribution in [-0.2, 0) is 12.7 Å². The average molecular weight is 594 g/mol. The van der Waals surface area contributed by atoms with Crippen LogP contribution in [0.4, 0.5) is 26.3 Å². The molecule has 1 amide bonds. The maximum absolute atomic E-state index is 14.2. The molecule has 7 nitrogen and oxygen atoms in total. The summed E-state index contributed by atoms with van der Waals surface area (Å²) in [5, 5.41) is 3.87. The first-order chi connectivity index (χ1) is 20.0. The lowest BCUT2D eigenvalue weighted by Gasteiger charge is -2.34. The number of aromatic nitrogens is 3. The minimum absolute atomic E-state index is 0.0561. The van der Waals surface area contributed by atoms with Gasteiger partial charge in [0, 0.05) is 43.9 Å². The number of piperazine rings is 1. The number of carbonyl (C=O) groups is 1. The molecule has 0 bridgehead atoms. The van der Waals surface area contributed by atoms with Gasteiger partial charge in [0.05, 0.1) is 19.0 Å². The highest BCUT2D eigenvalue weighted by Gasteiger charge is 2.39.